The van der Waals surface area contributed by atoms with Crippen molar-refractivity contribution in [2.45, 2.75) is 12.8 Å². The highest BCUT2D eigenvalue weighted by Gasteiger charge is 2.18. The smallest absolute Gasteiger partial charge is 0.335 e. The van der Waals surface area contributed by atoms with E-state index in [9.17, 15) is 9.90 Å². The molecule has 2 aromatic rings. The van der Waals surface area contributed by atoms with E-state index in [1.165, 1.54) is 0 Å². The summed E-state index contributed by atoms with van der Waals surface area (Å²) < 4.78 is 0. The number of para-hydroxylation sites is 1. The van der Waals surface area contributed by atoms with Crippen molar-refractivity contribution in [1.29, 1.82) is 0 Å². The standard InChI is InChI=1S/C17H14O3/c18-16-7-2-1-5-14(16)13-6-3-4-11-8-9-12(17(19)20)10-15(11)13/h1-2,5-10,18H,3-4H2,(H,19,20). The van der Waals surface area contributed by atoms with Crippen LogP contribution < -0.4 is 0 Å². The Balaban J connectivity index is 2.17. The van der Waals surface area contributed by atoms with E-state index in [2.05, 4.69) is 6.08 Å². The Morgan fingerprint density at radius 3 is 2.60 bits per heavy atom. The lowest BCUT2D eigenvalue weighted by Gasteiger charge is -2.19. The Kier molecular flexibility index (Phi) is 3.03. The predicted octanol–water partition coefficient (Wildman–Crippen LogP) is 3.47. The number of aryl methyl sites for hydroxylation is 1. The molecule has 3 nitrogen and oxygen atoms in total. The number of hydrogen-bond donors (Lipinski definition) is 2. The third-order valence-electron chi connectivity index (χ3n) is 3.60. The summed E-state index contributed by atoms with van der Waals surface area (Å²) in [6.45, 7) is 0. The van der Waals surface area contributed by atoms with Crippen molar-refractivity contribution in [3.8, 4) is 5.75 Å². The van der Waals surface area contributed by atoms with Crippen molar-refractivity contribution in [2.75, 3.05) is 0 Å². The highest BCUT2D eigenvalue weighted by molar-refractivity contribution is 5.92. The van der Waals surface area contributed by atoms with Gasteiger partial charge in [-0.05, 0) is 47.7 Å². The van der Waals surface area contributed by atoms with Gasteiger partial charge in [-0.15, -0.1) is 0 Å². The minimum Gasteiger partial charge on any atom is -0.507 e. The lowest BCUT2D eigenvalue weighted by atomic mass is 9.85. The largest absolute Gasteiger partial charge is 0.507 e. The molecule has 0 aliphatic heterocycles. The summed E-state index contributed by atoms with van der Waals surface area (Å²) in [5.41, 5.74) is 3.95. The molecule has 0 bridgehead atoms. The average molecular weight is 266 g/mol. The second-order valence-corrected chi connectivity index (χ2v) is 4.85. The van der Waals surface area contributed by atoms with Crippen LogP contribution in [-0.4, -0.2) is 16.2 Å². The van der Waals surface area contributed by atoms with Gasteiger partial charge in [-0.25, -0.2) is 4.79 Å². The van der Waals surface area contributed by atoms with Crippen LogP contribution in [0.3, 0.4) is 0 Å². The Bertz CT molecular complexity index is 714. The molecule has 2 N–H and O–H groups in total. The zero-order valence-corrected chi connectivity index (χ0v) is 10.8. The van der Waals surface area contributed by atoms with Crippen molar-refractivity contribution in [3.63, 3.8) is 0 Å². The Hall–Kier alpha value is -2.55. The number of aromatic hydroxyl groups is 1. The number of hydrogen-bond acceptors (Lipinski definition) is 2. The Morgan fingerprint density at radius 2 is 1.85 bits per heavy atom. The normalized spacial score (nSPS) is 13.5. The maximum absolute atomic E-state index is 11.1. The SMILES string of the molecule is O=C(O)c1ccc2c(c1)C(c1ccccc1O)=CCC2. The molecule has 2 aromatic carbocycles. The fraction of sp³-hybridized carbons (Fsp3) is 0.118. The Labute approximate surface area is 116 Å². The summed E-state index contributed by atoms with van der Waals surface area (Å²) in [4.78, 5) is 11.1. The van der Waals surface area contributed by atoms with E-state index < -0.39 is 5.97 Å². The highest BCUT2D eigenvalue weighted by atomic mass is 16.4. The molecule has 100 valence electrons. The zero-order chi connectivity index (χ0) is 14.1. The van der Waals surface area contributed by atoms with E-state index in [1.54, 1.807) is 24.3 Å². The summed E-state index contributed by atoms with van der Waals surface area (Å²) in [6, 6.07) is 12.3. The highest BCUT2D eigenvalue weighted by Crippen LogP contribution is 2.36. The second-order valence-electron chi connectivity index (χ2n) is 4.85. The lowest BCUT2D eigenvalue weighted by Crippen LogP contribution is -2.05. The fourth-order valence-corrected chi connectivity index (χ4v) is 2.62. The molecule has 1 aliphatic rings. The number of aromatic carboxylic acids is 1. The number of benzene rings is 2. The topological polar surface area (TPSA) is 57.5 Å². The maximum atomic E-state index is 11.1. The first-order chi connectivity index (χ1) is 9.66. The van der Waals surface area contributed by atoms with Gasteiger partial charge in [0.15, 0.2) is 0 Å². The number of carboxylic acids is 1. The quantitative estimate of drug-likeness (QED) is 0.875. The van der Waals surface area contributed by atoms with Crippen LogP contribution in [0.15, 0.2) is 48.5 Å². The van der Waals surface area contributed by atoms with Crippen molar-refractivity contribution in [1.82, 2.24) is 0 Å². The first-order valence-electron chi connectivity index (χ1n) is 6.52. The molecule has 0 saturated carbocycles. The predicted molar refractivity (Wildman–Crippen MR) is 76.9 cm³/mol. The number of carboxylic acid groups (broad SMARTS) is 1. The van der Waals surface area contributed by atoms with Gasteiger partial charge in [0, 0.05) is 5.56 Å². The van der Waals surface area contributed by atoms with Gasteiger partial charge in [-0.3, -0.25) is 0 Å². The van der Waals surface area contributed by atoms with Crippen LogP contribution in [0.4, 0.5) is 0 Å². The van der Waals surface area contributed by atoms with Crippen molar-refractivity contribution >= 4 is 11.5 Å². The number of carbonyl (C=O) groups is 1. The van der Waals surface area contributed by atoms with Gasteiger partial charge >= 0.3 is 5.97 Å². The molecule has 0 fully saturated rings. The minimum absolute atomic E-state index is 0.215. The first-order valence-corrected chi connectivity index (χ1v) is 6.52. The molecule has 3 heteroatoms. The second kappa shape index (κ2) is 4.85. The summed E-state index contributed by atoms with van der Waals surface area (Å²) in [5, 5.41) is 19.1. The van der Waals surface area contributed by atoms with Crippen molar-refractivity contribution in [2.24, 2.45) is 0 Å². The molecule has 1 aliphatic carbocycles. The van der Waals surface area contributed by atoms with Gasteiger partial charge in [0.2, 0.25) is 0 Å². The van der Waals surface area contributed by atoms with Crippen molar-refractivity contribution < 1.29 is 15.0 Å². The van der Waals surface area contributed by atoms with Crippen LogP contribution in [0, 0.1) is 0 Å². The van der Waals surface area contributed by atoms with Crippen molar-refractivity contribution in [3.05, 3.63) is 70.8 Å². The zero-order valence-electron chi connectivity index (χ0n) is 10.8. The average Bonchev–Trinajstić information content (AvgIpc) is 2.46. The van der Waals surface area contributed by atoms with Crippen LogP contribution in [0.5, 0.6) is 5.75 Å². The van der Waals surface area contributed by atoms with E-state index in [-0.39, 0.29) is 11.3 Å². The van der Waals surface area contributed by atoms with Crippen LogP contribution >= 0.6 is 0 Å². The first kappa shape index (κ1) is 12.5. The number of allylic oxidation sites excluding steroid dienone is 1. The minimum atomic E-state index is -0.935. The maximum Gasteiger partial charge on any atom is 0.335 e. The van der Waals surface area contributed by atoms with E-state index in [4.69, 9.17) is 5.11 Å². The van der Waals surface area contributed by atoms with Crippen LogP contribution in [0.1, 0.15) is 33.5 Å². The molecule has 0 spiro atoms. The van der Waals surface area contributed by atoms with Gasteiger partial charge in [-0.2, -0.15) is 0 Å². The Morgan fingerprint density at radius 1 is 1.05 bits per heavy atom. The summed E-state index contributed by atoms with van der Waals surface area (Å²) >= 11 is 0. The third kappa shape index (κ3) is 2.07. The summed E-state index contributed by atoms with van der Waals surface area (Å²) in [5.74, 6) is -0.720. The van der Waals surface area contributed by atoms with Crippen LogP contribution in [-0.2, 0) is 6.42 Å². The molecule has 3 rings (SSSR count). The third-order valence-corrected chi connectivity index (χ3v) is 3.60. The molecule has 20 heavy (non-hydrogen) atoms. The molecule has 0 heterocycles. The number of fused-ring (bicyclic) bond motifs is 1. The van der Waals surface area contributed by atoms with E-state index in [0.717, 1.165) is 35.1 Å². The molecule has 0 unspecified atom stereocenters. The van der Waals surface area contributed by atoms with Gasteiger partial charge in [-0.1, -0.05) is 30.3 Å². The van der Waals surface area contributed by atoms with Crippen LogP contribution in [0.2, 0.25) is 0 Å². The number of phenolic OH excluding ortho intramolecular Hbond substituents is 1. The lowest BCUT2D eigenvalue weighted by molar-refractivity contribution is 0.0697. The molecule has 0 amide bonds. The summed E-state index contributed by atoms with van der Waals surface area (Å²) in [7, 11) is 0. The molecule has 0 radical (unpaired) electrons. The van der Waals surface area contributed by atoms with E-state index in [1.807, 2.05) is 18.2 Å². The fourth-order valence-electron chi connectivity index (χ4n) is 2.62. The van der Waals surface area contributed by atoms with Gasteiger partial charge in [0.05, 0.1) is 5.56 Å². The van der Waals surface area contributed by atoms with Gasteiger partial charge in [0.1, 0.15) is 5.75 Å². The number of phenols is 1. The van der Waals surface area contributed by atoms with E-state index >= 15 is 0 Å². The van der Waals surface area contributed by atoms with Gasteiger partial charge < -0.3 is 10.2 Å². The molecule has 0 atom stereocenters. The molecule has 0 aromatic heterocycles. The monoisotopic (exact) mass is 266 g/mol. The number of rotatable bonds is 2. The van der Waals surface area contributed by atoms with Crippen LogP contribution in [0.25, 0.3) is 5.57 Å². The van der Waals surface area contributed by atoms with E-state index in [0.29, 0.717) is 0 Å². The molecular weight excluding hydrogens is 252 g/mol. The molecular formula is C17H14O3. The molecule has 0 saturated heterocycles. The summed E-state index contributed by atoms with van der Waals surface area (Å²) in [6.07, 6.45) is 3.85. The van der Waals surface area contributed by atoms with Gasteiger partial charge in [0.25, 0.3) is 0 Å².